The van der Waals surface area contributed by atoms with Crippen LogP contribution in [0, 0.1) is 6.92 Å². The number of benzene rings is 2. The average molecular weight is 346 g/mol. The van der Waals surface area contributed by atoms with Crippen LogP contribution in [0.25, 0.3) is 0 Å². The lowest BCUT2D eigenvalue weighted by Crippen LogP contribution is -2.01. The molecule has 1 atom stereocenters. The second-order valence-corrected chi connectivity index (χ2v) is 5.82. The number of methoxy groups -OCH3 is 2. The quantitative estimate of drug-likeness (QED) is 0.667. The number of halogens is 3. The highest BCUT2D eigenvalue weighted by molar-refractivity contribution is 6.34. The average Bonchev–Trinajstić information content (AvgIpc) is 2.48. The second-order valence-electron chi connectivity index (χ2n) is 4.57. The van der Waals surface area contributed by atoms with Crippen LogP contribution in [0.4, 0.5) is 0 Å². The maximum absolute atomic E-state index is 6.62. The number of hydrogen-bond donors (Lipinski definition) is 0. The SMILES string of the molecule is COc1ccc(C(Cl)c2cc(Cl)ccc2C)c(OC)c1Cl. The zero-order chi connectivity index (χ0) is 15.6. The number of rotatable bonds is 4. The summed E-state index contributed by atoms with van der Waals surface area (Å²) in [6, 6.07) is 9.25. The van der Waals surface area contributed by atoms with Gasteiger partial charge in [0.1, 0.15) is 16.5 Å². The molecule has 0 N–H and O–H groups in total. The zero-order valence-electron chi connectivity index (χ0n) is 11.9. The first-order valence-corrected chi connectivity index (χ1v) is 7.49. The molecule has 1 unspecified atom stereocenters. The molecule has 0 heterocycles. The molecule has 2 aromatic rings. The van der Waals surface area contributed by atoms with E-state index in [1.165, 1.54) is 0 Å². The van der Waals surface area contributed by atoms with Gasteiger partial charge in [0.25, 0.3) is 0 Å². The number of hydrogen-bond acceptors (Lipinski definition) is 2. The molecule has 0 aromatic heterocycles. The maximum Gasteiger partial charge on any atom is 0.146 e. The molecule has 2 rings (SSSR count). The summed E-state index contributed by atoms with van der Waals surface area (Å²) in [6.07, 6.45) is 0. The van der Waals surface area contributed by atoms with Crippen molar-refractivity contribution in [3.63, 3.8) is 0 Å². The molecule has 0 bridgehead atoms. The van der Waals surface area contributed by atoms with E-state index in [4.69, 9.17) is 44.3 Å². The van der Waals surface area contributed by atoms with Crippen LogP contribution in [0.3, 0.4) is 0 Å². The molecular formula is C16H15Cl3O2. The Kier molecular flexibility index (Phi) is 5.26. The third-order valence-corrected chi connectivity index (χ3v) is 4.37. The normalized spacial score (nSPS) is 12.1. The molecule has 0 aliphatic heterocycles. The largest absolute Gasteiger partial charge is 0.495 e. The van der Waals surface area contributed by atoms with Crippen molar-refractivity contribution in [3.8, 4) is 11.5 Å². The van der Waals surface area contributed by atoms with Crippen LogP contribution >= 0.6 is 34.8 Å². The van der Waals surface area contributed by atoms with Gasteiger partial charge in [0, 0.05) is 10.6 Å². The van der Waals surface area contributed by atoms with E-state index in [2.05, 4.69) is 0 Å². The minimum absolute atomic E-state index is 0.405. The van der Waals surface area contributed by atoms with Gasteiger partial charge in [0.05, 0.1) is 19.6 Å². The van der Waals surface area contributed by atoms with Crippen molar-refractivity contribution in [3.05, 3.63) is 57.1 Å². The standard InChI is InChI=1S/C16H15Cl3O2/c1-9-4-5-10(17)8-12(9)14(18)11-6-7-13(20-2)15(19)16(11)21-3/h4-8,14H,1-3H3. The molecule has 21 heavy (non-hydrogen) atoms. The maximum atomic E-state index is 6.62. The Labute approximate surface area is 139 Å². The van der Waals surface area contributed by atoms with Crippen LogP contribution < -0.4 is 9.47 Å². The Hall–Kier alpha value is -1.09. The highest BCUT2D eigenvalue weighted by Crippen LogP contribution is 2.44. The van der Waals surface area contributed by atoms with Gasteiger partial charge in [-0.3, -0.25) is 0 Å². The highest BCUT2D eigenvalue weighted by Gasteiger charge is 2.21. The summed E-state index contributed by atoms with van der Waals surface area (Å²) in [4.78, 5) is 0. The molecule has 0 saturated carbocycles. The Balaban J connectivity index is 2.55. The monoisotopic (exact) mass is 344 g/mol. The summed E-state index contributed by atoms with van der Waals surface area (Å²) in [5, 5.41) is 0.629. The van der Waals surface area contributed by atoms with E-state index in [0.717, 1.165) is 16.7 Å². The predicted octanol–water partition coefficient (Wildman–Crippen LogP) is 5.65. The number of aryl methyl sites for hydroxylation is 1. The van der Waals surface area contributed by atoms with E-state index in [1.807, 2.05) is 31.2 Å². The molecule has 5 heteroatoms. The molecule has 0 fully saturated rings. The third-order valence-electron chi connectivity index (χ3n) is 3.30. The van der Waals surface area contributed by atoms with Crippen LogP contribution in [0.1, 0.15) is 22.1 Å². The van der Waals surface area contributed by atoms with E-state index in [0.29, 0.717) is 21.5 Å². The van der Waals surface area contributed by atoms with Crippen LogP contribution in [0.2, 0.25) is 10.0 Å². The molecule has 0 aliphatic rings. The molecule has 2 aromatic carbocycles. The van der Waals surface area contributed by atoms with Gasteiger partial charge >= 0.3 is 0 Å². The van der Waals surface area contributed by atoms with Crippen molar-refractivity contribution in [1.29, 1.82) is 0 Å². The van der Waals surface area contributed by atoms with Gasteiger partial charge in [-0.25, -0.2) is 0 Å². The summed E-state index contributed by atoms with van der Waals surface area (Å²) < 4.78 is 10.6. The predicted molar refractivity (Wildman–Crippen MR) is 88.4 cm³/mol. The van der Waals surface area contributed by atoms with E-state index in [9.17, 15) is 0 Å². The summed E-state index contributed by atoms with van der Waals surface area (Å²) in [6.45, 7) is 1.98. The fraction of sp³-hybridized carbons (Fsp3) is 0.250. The topological polar surface area (TPSA) is 18.5 Å². The molecule has 0 radical (unpaired) electrons. The fourth-order valence-electron chi connectivity index (χ4n) is 2.17. The third kappa shape index (κ3) is 3.23. The van der Waals surface area contributed by atoms with Gasteiger partial charge in [-0.1, -0.05) is 29.3 Å². The molecule has 0 amide bonds. The van der Waals surface area contributed by atoms with Gasteiger partial charge in [0.15, 0.2) is 0 Å². The first kappa shape index (κ1) is 16.3. The number of alkyl halides is 1. The van der Waals surface area contributed by atoms with Gasteiger partial charge in [0.2, 0.25) is 0 Å². The van der Waals surface area contributed by atoms with Crippen LogP contribution in [-0.4, -0.2) is 14.2 Å². The van der Waals surface area contributed by atoms with Crippen molar-refractivity contribution in [2.75, 3.05) is 14.2 Å². The Morgan fingerprint density at radius 2 is 1.67 bits per heavy atom. The van der Waals surface area contributed by atoms with Crippen molar-refractivity contribution in [2.45, 2.75) is 12.3 Å². The van der Waals surface area contributed by atoms with Gasteiger partial charge < -0.3 is 9.47 Å². The lowest BCUT2D eigenvalue weighted by Gasteiger charge is -2.18. The van der Waals surface area contributed by atoms with Gasteiger partial charge in [-0.2, -0.15) is 0 Å². The van der Waals surface area contributed by atoms with E-state index in [-0.39, 0.29) is 0 Å². The number of ether oxygens (including phenoxy) is 2. The first-order valence-electron chi connectivity index (χ1n) is 6.30. The van der Waals surface area contributed by atoms with E-state index < -0.39 is 5.38 Å². The summed E-state index contributed by atoms with van der Waals surface area (Å²) >= 11 is 19.0. The van der Waals surface area contributed by atoms with E-state index >= 15 is 0 Å². The minimum atomic E-state index is -0.415. The molecule has 112 valence electrons. The summed E-state index contributed by atoms with van der Waals surface area (Å²) in [5.41, 5.74) is 2.74. The van der Waals surface area contributed by atoms with Crippen molar-refractivity contribution in [1.82, 2.24) is 0 Å². The first-order chi connectivity index (χ1) is 9.99. The molecule has 2 nitrogen and oxygen atoms in total. The smallest absolute Gasteiger partial charge is 0.146 e. The lowest BCUT2D eigenvalue weighted by molar-refractivity contribution is 0.392. The van der Waals surface area contributed by atoms with E-state index in [1.54, 1.807) is 20.3 Å². The van der Waals surface area contributed by atoms with Gasteiger partial charge in [-0.05, 0) is 42.3 Å². The van der Waals surface area contributed by atoms with Crippen molar-refractivity contribution >= 4 is 34.8 Å². The minimum Gasteiger partial charge on any atom is -0.495 e. The molecular weight excluding hydrogens is 331 g/mol. The Morgan fingerprint density at radius 1 is 0.952 bits per heavy atom. The summed E-state index contributed by atoms with van der Waals surface area (Å²) in [7, 11) is 3.11. The highest BCUT2D eigenvalue weighted by atomic mass is 35.5. The fourth-order valence-corrected chi connectivity index (χ4v) is 3.08. The summed E-state index contributed by atoms with van der Waals surface area (Å²) in [5.74, 6) is 1.05. The van der Waals surface area contributed by atoms with Gasteiger partial charge in [-0.15, -0.1) is 11.6 Å². The second kappa shape index (κ2) is 6.78. The van der Waals surface area contributed by atoms with Crippen molar-refractivity contribution in [2.24, 2.45) is 0 Å². The molecule has 0 spiro atoms. The van der Waals surface area contributed by atoms with Crippen LogP contribution in [0.5, 0.6) is 11.5 Å². The van der Waals surface area contributed by atoms with Crippen molar-refractivity contribution < 1.29 is 9.47 Å². The van der Waals surface area contributed by atoms with Crippen LogP contribution in [0.15, 0.2) is 30.3 Å². The van der Waals surface area contributed by atoms with Crippen LogP contribution in [-0.2, 0) is 0 Å². The lowest BCUT2D eigenvalue weighted by atomic mass is 9.99. The molecule has 0 saturated heterocycles. The Bertz CT molecular complexity index is 656. The Morgan fingerprint density at radius 3 is 2.29 bits per heavy atom. The zero-order valence-corrected chi connectivity index (χ0v) is 14.2. The molecule has 0 aliphatic carbocycles.